The van der Waals surface area contributed by atoms with Crippen LogP contribution in [0.15, 0.2) is 42.9 Å². The summed E-state index contributed by atoms with van der Waals surface area (Å²) in [6.45, 7) is 0.226. The monoisotopic (exact) mass is 265 g/mol. The zero-order valence-electron chi connectivity index (χ0n) is 10.6. The summed E-state index contributed by atoms with van der Waals surface area (Å²) in [6, 6.07) is 9.91. The SMILES string of the molecule is c1ccc2c(Cc3ccnc4c3OCO4)ncnc2c1. The van der Waals surface area contributed by atoms with Gasteiger partial charge in [-0.05, 0) is 12.1 Å². The van der Waals surface area contributed by atoms with E-state index in [0.717, 1.165) is 27.9 Å². The molecule has 1 aromatic carbocycles. The maximum atomic E-state index is 5.49. The van der Waals surface area contributed by atoms with Crippen molar-refractivity contribution >= 4 is 10.9 Å². The van der Waals surface area contributed by atoms with Gasteiger partial charge in [0.25, 0.3) is 5.88 Å². The van der Waals surface area contributed by atoms with Crippen LogP contribution in [0.3, 0.4) is 0 Å². The van der Waals surface area contributed by atoms with Crippen molar-refractivity contribution in [1.29, 1.82) is 0 Å². The molecule has 3 aromatic rings. The summed E-state index contributed by atoms with van der Waals surface area (Å²) in [7, 11) is 0. The van der Waals surface area contributed by atoms with Crippen molar-refractivity contribution in [2.24, 2.45) is 0 Å². The second-order valence-electron chi connectivity index (χ2n) is 4.53. The van der Waals surface area contributed by atoms with Crippen LogP contribution >= 0.6 is 0 Å². The van der Waals surface area contributed by atoms with E-state index in [4.69, 9.17) is 9.47 Å². The van der Waals surface area contributed by atoms with Crippen LogP contribution in [-0.2, 0) is 6.42 Å². The Balaban J connectivity index is 1.81. The number of rotatable bonds is 2. The zero-order chi connectivity index (χ0) is 13.4. The Hall–Kier alpha value is -2.69. The topological polar surface area (TPSA) is 57.1 Å². The number of aromatic nitrogens is 3. The molecule has 2 aromatic heterocycles. The molecule has 0 saturated heterocycles. The van der Waals surface area contributed by atoms with Crippen LogP contribution in [-0.4, -0.2) is 21.7 Å². The highest BCUT2D eigenvalue weighted by Gasteiger charge is 2.19. The van der Waals surface area contributed by atoms with E-state index in [9.17, 15) is 0 Å². The Kier molecular flexibility index (Phi) is 2.48. The fourth-order valence-electron chi connectivity index (χ4n) is 2.39. The molecular weight excluding hydrogens is 254 g/mol. The van der Waals surface area contributed by atoms with Crippen molar-refractivity contribution in [1.82, 2.24) is 15.0 Å². The van der Waals surface area contributed by atoms with Crippen molar-refractivity contribution in [3.05, 3.63) is 54.1 Å². The van der Waals surface area contributed by atoms with Gasteiger partial charge in [-0.2, -0.15) is 0 Å². The standard InChI is InChI=1S/C15H11N3O2/c1-2-4-12-11(3-1)13(18-8-17-12)7-10-5-6-16-15-14(10)19-9-20-15/h1-6,8H,7,9H2. The lowest BCUT2D eigenvalue weighted by atomic mass is 10.1. The molecule has 5 nitrogen and oxygen atoms in total. The highest BCUT2D eigenvalue weighted by molar-refractivity contribution is 5.80. The van der Waals surface area contributed by atoms with E-state index < -0.39 is 0 Å². The third-order valence-corrected chi connectivity index (χ3v) is 3.34. The molecule has 98 valence electrons. The number of pyridine rings is 1. The van der Waals surface area contributed by atoms with Crippen molar-refractivity contribution in [2.75, 3.05) is 6.79 Å². The molecule has 20 heavy (non-hydrogen) atoms. The predicted octanol–water partition coefficient (Wildman–Crippen LogP) is 2.34. The van der Waals surface area contributed by atoms with Gasteiger partial charge in [-0.15, -0.1) is 0 Å². The Morgan fingerprint density at radius 3 is 2.95 bits per heavy atom. The van der Waals surface area contributed by atoms with Crippen molar-refractivity contribution < 1.29 is 9.47 Å². The highest BCUT2D eigenvalue weighted by atomic mass is 16.7. The zero-order valence-corrected chi connectivity index (χ0v) is 10.6. The van der Waals surface area contributed by atoms with Gasteiger partial charge in [0.1, 0.15) is 6.33 Å². The van der Waals surface area contributed by atoms with Gasteiger partial charge in [0.05, 0.1) is 11.2 Å². The maximum Gasteiger partial charge on any atom is 0.260 e. The third-order valence-electron chi connectivity index (χ3n) is 3.34. The normalized spacial score (nSPS) is 12.8. The summed E-state index contributed by atoms with van der Waals surface area (Å²) in [5.74, 6) is 1.27. The van der Waals surface area contributed by atoms with Crippen molar-refractivity contribution in [2.45, 2.75) is 6.42 Å². The summed E-state index contributed by atoms with van der Waals surface area (Å²) in [5.41, 5.74) is 2.94. The molecule has 1 aliphatic rings. The Morgan fingerprint density at radius 1 is 1.00 bits per heavy atom. The van der Waals surface area contributed by atoms with E-state index >= 15 is 0 Å². The average molecular weight is 265 g/mol. The summed E-state index contributed by atoms with van der Waals surface area (Å²) in [4.78, 5) is 12.8. The fourth-order valence-corrected chi connectivity index (χ4v) is 2.39. The Labute approximate surface area is 115 Å². The second-order valence-corrected chi connectivity index (χ2v) is 4.53. The number of hydrogen-bond acceptors (Lipinski definition) is 5. The summed E-state index contributed by atoms with van der Waals surface area (Å²) < 4.78 is 10.8. The average Bonchev–Trinajstić information content (AvgIpc) is 2.97. The first-order chi connectivity index (χ1) is 9.92. The smallest absolute Gasteiger partial charge is 0.260 e. The van der Waals surface area contributed by atoms with Gasteiger partial charge >= 0.3 is 0 Å². The lowest BCUT2D eigenvalue weighted by Gasteiger charge is -2.07. The van der Waals surface area contributed by atoms with E-state index in [1.165, 1.54) is 0 Å². The first-order valence-electron chi connectivity index (χ1n) is 6.34. The largest absolute Gasteiger partial charge is 0.451 e. The van der Waals surface area contributed by atoms with Gasteiger partial charge in [-0.1, -0.05) is 18.2 Å². The third kappa shape index (κ3) is 1.75. The molecular formula is C15H11N3O2. The minimum Gasteiger partial charge on any atom is -0.451 e. The predicted molar refractivity (Wildman–Crippen MR) is 72.7 cm³/mol. The van der Waals surface area contributed by atoms with E-state index in [-0.39, 0.29) is 6.79 Å². The van der Waals surface area contributed by atoms with Gasteiger partial charge in [-0.3, -0.25) is 0 Å². The lowest BCUT2D eigenvalue weighted by molar-refractivity contribution is 0.170. The molecule has 0 aliphatic carbocycles. The van der Waals surface area contributed by atoms with E-state index in [1.807, 2.05) is 30.3 Å². The lowest BCUT2D eigenvalue weighted by Crippen LogP contribution is -1.98. The Bertz CT molecular complexity index is 784. The molecule has 0 atom stereocenters. The molecule has 4 rings (SSSR count). The second kappa shape index (κ2) is 4.45. The molecule has 0 unspecified atom stereocenters. The van der Waals surface area contributed by atoms with Gasteiger partial charge in [0.15, 0.2) is 5.75 Å². The van der Waals surface area contributed by atoms with Crippen molar-refractivity contribution in [3.63, 3.8) is 0 Å². The fraction of sp³-hybridized carbons (Fsp3) is 0.133. The van der Waals surface area contributed by atoms with Crippen LogP contribution in [0.4, 0.5) is 0 Å². The first kappa shape index (κ1) is 11.2. The van der Waals surface area contributed by atoms with E-state index in [0.29, 0.717) is 12.3 Å². The van der Waals surface area contributed by atoms with Crippen LogP contribution in [0.5, 0.6) is 11.6 Å². The molecule has 0 N–H and O–H groups in total. The van der Waals surface area contributed by atoms with Crippen molar-refractivity contribution in [3.8, 4) is 11.6 Å². The molecule has 0 spiro atoms. The molecule has 0 amide bonds. The minimum atomic E-state index is 0.226. The number of fused-ring (bicyclic) bond motifs is 2. The molecule has 0 fully saturated rings. The van der Waals surface area contributed by atoms with Crippen LogP contribution in [0.1, 0.15) is 11.3 Å². The number of ether oxygens (including phenoxy) is 2. The minimum absolute atomic E-state index is 0.226. The van der Waals surface area contributed by atoms with Gasteiger partial charge < -0.3 is 9.47 Å². The van der Waals surface area contributed by atoms with Gasteiger partial charge in [-0.25, -0.2) is 15.0 Å². The first-order valence-corrected chi connectivity index (χ1v) is 6.34. The van der Waals surface area contributed by atoms with Gasteiger partial charge in [0, 0.05) is 23.6 Å². The molecule has 0 radical (unpaired) electrons. The van der Waals surface area contributed by atoms with Crippen LogP contribution in [0, 0.1) is 0 Å². The molecule has 0 saturated carbocycles. The Morgan fingerprint density at radius 2 is 1.95 bits per heavy atom. The molecule has 3 heterocycles. The quantitative estimate of drug-likeness (QED) is 0.711. The van der Waals surface area contributed by atoms with E-state index in [1.54, 1.807) is 12.5 Å². The molecule has 0 bridgehead atoms. The number of benzene rings is 1. The summed E-state index contributed by atoms with van der Waals surface area (Å²) in [5, 5.41) is 1.06. The highest BCUT2D eigenvalue weighted by Crippen LogP contribution is 2.34. The number of para-hydroxylation sites is 1. The van der Waals surface area contributed by atoms with Crippen LogP contribution < -0.4 is 9.47 Å². The number of nitrogens with zero attached hydrogens (tertiary/aromatic N) is 3. The summed E-state index contributed by atoms with van der Waals surface area (Å²) in [6.07, 6.45) is 3.99. The molecule has 1 aliphatic heterocycles. The van der Waals surface area contributed by atoms with Gasteiger partial charge in [0.2, 0.25) is 6.79 Å². The van der Waals surface area contributed by atoms with E-state index in [2.05, 4.69) is 15.0 Å². The summed E-state index contributed by atoms with van der Waals surface area (Å²) >= 11 is 0. The maximum absolute atomic E-state index is 5.49. The van der Waals surface area contributed by atoms with Crippen LogP contribution in [0.25, 0.3) is 10.9 Å². The number of hydrogen-bond donors (Lipinski definition) is 0. The van der Waals surface area contributed by atoms with Crippen LogP contribution in [0.2, 0.25) is 0 Å². The molecule has 5 heteroatoms.